The van der Waals surface area contributed by atoms with E-state index in [1.54, 1.807) is 18.2 Å². The van der Waals surface area contributed by atoms with E-state index in [-0.39, 0.29) is 16.3 Å². The average Bonchev–Trinajstić information content (AvgIpc) is 2.41. The Morgan fingerprint density at radius 3 is 2.52 bits per heavy atom. The fourth-order valence-electron chi connectivity index (χ4n) is 1.80. The number of hydrogen-bond acceptors (Lipinski definition) is 4. The van der Waals surface area contributed by atoms with Gasteiger partial charge in [-0.05, 0) is 51.8 Å². The third kappa shape index (κ3) is 3.54. The minimum atomic E-state index is -3.65. The second-order valence-corrected chi connectivity index (χ2v) is 7.26. The molecule has 0 bridgehead atoms. The highest BCUT2D eigenvalue weighted by atomic mass is 79.9. The lowest BCUT2D eigenvalue weighted by molar-refractivity contribution is 0.412. The zero-order chi connectivity index (χ0) is 15.6. The molecule has 0 aliphatic heterocycles. The third-order valence-electron chi connectivity index (χ3n) is 2.90. The van der Waals surface area contributed by atoms with Gasteiger partial charge in [-0.3, -0.25) is 0 Å². The van der Waals surface area contributed by atoms with Gasteiger partial charge in [-0.2, -0.15) is 0 Å². The molecule has 2 aromatic carbocycles. The molecule has 0 saturated heterocycles. The summed E-state index contributed by atoms with van der Waals surface area (Å²) in [5.74, 6) is -0.374. The van der Waals surface area contributed by atoms with Crippen LogP contribution in [0.15, 0.2) is 45.8 Å². The Balaban J connectivity index is 2.32. The number of benzene rings is 2. The number of hydrogen-bond donors (Lipinski definition) is 1. The lowest BCUT2D eigenvalue weighted by Crippen LogP contribution is -2.06. The first-order valence-electron chi connectivity index (χ1n) is 5.93. The SMILES string of the molecule is COc1ccc(CS(=O)(=O)c2ccc(N)c(F)c2)cc1Br. The second-order valence-electron chi connectivity index (χ2n) is 4.41. The number of anilines is 1. The zero-order valence-electron chi connectivity index (χ0n) is 11.1. The normalized spacial score (nSPS) is 11.4. The molecule has 2 N–H and O–H groups in total. The van der Waals surface area contributed by atoms with E-state index >= 15 is 0 Å². The van der Waals surface area contributed by atoms with E-state index in [0.717, 1.165) is 6.07 Å². The van der Waals surface area contributed by atoms with Crippen molar-refractivity contribution >= 4 is 31.5 Å². The van der Waals surface area contributed by atoms with E-state index in [0.29, 0.717) is 15.8 Å². The Labute approximate surface area is 130 Å². The van der Waals surface area contributed by atoms with Gasteiger partial charge in [-0.25, -0.2) is 12.8 Å². The van der Waals surface area contributed by atoms with Crippen LogP contribution in [0.1, 0.15) is 5.56 Å². The van der Waals surface area contributed by atoms with Gasteiger partial charge < -0.3 is 10.5 Å². The molecule has 0 aliphatic carbocycles. The molecule has 2 aromatic rings. The van der Waals surface area contributed by atoms with E-state index in [2.05, 4.69) is 15.9 Å². The van der Waals surface area contributed by atoms with Crippen molar-refractivity contribution in [2.75, 3.05) is 12.8 Å². The van der Waals surface area contributed by atoms with Crippen molar-refractivity contribution in [3.05, 3.63) is 52.3 Å². The molecule has 7 heteroatoms. The maximum absolute atomic E-state index is 13.4. The Hall–Kier alpha value is -1.60. The summed E-state index contributed by atoms with van der Waals surface area (Å²) >= 11 is 3.30. The summed E-state index contributed by atoms with van der Waals surface area (Å²) < 4.78 is 43.7. The Morgan fingerprint density at radius 2 is 1.95 bits per heavy atom. The summed E-state index contributed by atoms with van der Waals surface area (Å²) in [4.78, 5) is -0.0962. The molecular formula is C14H13BrFNO3S. The molecule has 2 rings (SSSR count). The quantitative estimate of drug-likeness (QED) is 0.835. The molecule has 0 amide bonds. The summed E-state index contributed by atoms with van der Waals surface area (Å²) in [5, 5.41) is 0. The van der Waals surface area contributed by atoms with Gasteiger partial charge in [0.25, 0.3) is 0 Å². The summed E-state index contributed by atoms with van der Waals surface area (Å²) in [5.41, 5.74) is 5.83. The Bertz CT molecular complexity index is 778. The third-order valence-corrected chi connectivity index (χ3v) is 5.21. The molecule has 0 aromatic heterocycles. The minimum Gasteiger partial charge on any atom is -0.496 e. The van der Waals surface area contributed by atoms with Crippen molar-refractivity contribution in [3.63, 3.8) is 0 Å². The van der Waals surface area contributed by atoms with Gasteiger partial charge >= 0.3 is 0 Å². The average molecular weight is 374 g/mol. The predicted octanol–water partition coefficient (Wildman–Crippen LogP) is 3.15. The highest BCUT2D eigenvalue weighted by Gasteiger charge is 2.17. The first-order valence-corrected chi connectivity index (χ1v) is 8.38. The van der Waals surface area contributed by atoms with E-state index in [4.69, 9.17) is 10.5 Å². The van der Waals surface area contributed by atoms with Crippen LogP contribution >= 0.6 is 15.9 Å². The number of halogens is 2. The van der Waals surface area contributed by atoms with E-state index < -0.39 is 15.7 Å². The molecule has 0 radical (unpaired) electrons. The number of nitrogen functional groups attached to an aromatic ring is 1. The fraction of sp³-hybridized carbons (Fsp3) is 0.143. The lowest BCUT2D eigenvalue weighted by Gasteiger charge is -2.08. The molecule has 21 heavy (non-hydrogen) atoms. The Kier molecular flexibility index (Phi) is 4.53. The van der Waals surface area contributed by atoms with Gasteiger partial charge in [0.05, 0.1) is 27.9 Å². The van der Waals surface area contributed by atoms with E-state index in [1.165, 1.54) is 19.2 Å². The lowest BCUT2D eigenvalue weighted by atomic mass is 10.2. The number of ether oxygens (including phenoxy) is 1. The first kappa shape index (κ1) is 15.8. The van der Waals surface area contributed by atoms with Crippen molar-refractivity contribution in [2.45, 2.75) is 10.6 Å². The topological polar surface area (TPSA) is 69.4 Å². The second kappa shape index (κ2) is 6.03. The van der Waals surface area contributed by atoms with Crippen molar-refractivity contribution < 1.29 is 17.5 Å². The summed E-state index contributed by atoms with van der Waals surface area (Å²) in [6, 6.07) is 8.44. The van der Waals surface area contributed by atoms with Gasteiger partial charge in [0.1, 0.15) is 11.6 Å². The van der Waals surface area contributed by atoms with Crippen LogP contribution < -0.4 is 10.5 Å². The van der Waals surface area contributed by atoms with Crippen LogP contribution in [-0.4, -0.2) is 15.5 Å². The monoisotopic (exact) mass is 373 g/mol. The van der Waals surface area contributed by atoms with Crippen LogP contribution in [-0.2, 0) is 15.6 Å². The van der Waals surface area contributed by atoms with Crippen molar-refractivity contribution in [1.82, 2.24) is 0 Å². The number of nitrogens with two attached hydrogens (primary N) is 1. The highest BCUT2D eigenvalue weighted by molar-refractivity contribution is 9.10. The van der Waals surface area contributed by atoms with Gasteiger partial charge in [0.2, 0.25) is 0 Å². The minimum absolute atomic E-state index is 0.0823. The zero-order valence-corrected chi connectivity index (χ0v) is 13.5. The van der Waals surface area contributed by atoms with Crippen molar-refractivity contribution in [1.29, 1.82) is 0 Å². The summed E-state index contributed by atoms with van der Waals surface area (Å²) in [6.07, 6.45) is 0. The number of sulfone groups is 1. The van der Waals surface area contributed by atoms with Crippen LogP contribution in [0.4, 0.5) is 10.1 Å². The molecule has 0 saturated carbocycles. The van der Waals surface area contributed by atoms with Gasteiger partial charge in [-0.15, -0.1) is 0 Å². The molecule has 0 aliphatic rings. The molecule has 4 nitrogen and oxygen atoms in total. The smallest absolute Gasteiger partial charge is 0.182 e. The predicted molar refractivity (Wildman–Crippen MR) is 82.4 cm³/mol. The molecule has 0 spiro atoms. The standard InChI is InChI=1S/C14H13BrFNO3S/c1-20-14-5-2-9(6-11(14)15)8-21(18,19)10-3-4-13(17)12(16)7-10/h2-7H,8,17H2,1H3. The largest absolute Gasteiger partial charge is 0.496 e. The molecule has 0 atom stereocenters. The Morgan fingerprint density at radius 1 is 1.24 bits per heavy atom. The van der Waals surface area contributed by atoms with E-state index in [1.807, 2.05) is 0 Å². The fourth-order valence-corrected chi connectivity index (χ4v) is 3.74. The van der Waals surface area contributed by atoms with Crippen LogP contribution in [0, 0.1) is 5.82 Å². The van der Waals surface area contributed by atoms with Crippen molar-refractivity contribution in [3.8, 4) is 5.75 Å². The van der Waals surface area contributed by atoms with Crippen LogP contribution in [0.2, 0.25) is 0 Å². The maximum Gasteiger partial charge on any atom is 0.182 e. The molecule has 0 heterocycles. The van der Waals surface area contributed by atoms with Crippen LogP contribution in [0.5, 0.6) is 5.75 Å². The first-order chi connectivity index (χ1) is 9.83. The maximum atomic E-state index is 13.4. The highest BCUT2D eigenvalue weighted by Crippen LogP contribution is 2.27. The van der Waals surface area contributed by atoms with Crippen LogP contribution in [0.25, 0.3) is 0 Å². The molecule has 112 valence electrons. The van der Waals surface area contributed by atoms with Crippen LogP contribution in [0.3, 0.4) is 0 Å². The summed E-state index contributed by atoms with van der Waals surface area (Å²) in [7, 11) is -2.12. The molecule has 0 fully saturated rings. The van der Waals surface area contributed by atoms with Gasteiger partial charge in [0, 0.05) is 0 Å². The molecular weight excluding hydrogens is 361 g/mol. The molecule has 0 unspecified atom stereocenters. The van der Waals surface area contributed by atoms with Gasteiger partial charge in [0.15, 0.2) is 9.84 Å². The van der Waals surface area contributed by atoms with Gasteiger partial charge in [-0.1, -0.05) is 6.07 Å². The van der Waals surface area contributed by atoms with Crippen molar-refractivity contribution in [2.24, 2.45) is 0 Å². The summed E-state index contributed by atoms with van der Waals surface area (Å²) in [6.45, 7) is 0. The van der Waals surface area contributed by atoms with E-state index in [9.17, 15) is 12.8 Å². The number of methoxy groups -OCH3 is 1. The number of rotatable bonds is 4.